The second-order valence-corrected chi connectivity index (χ2v) is 7.20. The molecule has 136 valence electrons. The molecule has 0 amide bonds. The van der Waals surface area contributed by atoms with Gasteiger partial charge in [0.05, 0.1) is 13.2 Å². The Morgan fingerprint density at radius 2 is 1.88 bits per heavy atom. The van der Waals surface area contributed by atoms with Crippen LogP contribution in [0.3, 0.4) is 0 Å². The standard InChI is InChI=1S/C21H30N2O2/c1-16(24)15-23-11-9-17(10-12-23)13-22-14-18-7-8-21(25-2)20-6-4-3-5-19(18)20/h3-8,16-17,22,24H,9-15H2,1-2H3/t16-/m0/s1. The molecule has 1 fully saturated rings. The highest BCUT2D eigenvalue weighted by Crippen LogP contribution is 2.28. The van der Waals surface area contributed by atoms with E-state index >= 15 is 0 Å². The molecule has 2 aromatic carbocycles. The van der Waals surface area contributed by atoms with Crippen LogP contribution in [0.4, 0.5) is 0 Å². The lowest BCUT2D eigenvalue weighted by Crippen LogP contribution is -2.40. The minimum Gasteiger partial charge on any atom is -0.496 e. The van der Waals surface area contributed by atoms with Gasteiger partial charge in [0, 0.05) is 18.5 Å². The molecule has 3 rings (SSSR count). The van der Waals surface area contributed by atoms with Gasteiger partial charge in [-0.25, -0.2) is 0 Å². The summed E-state index contributed by atoms with van der Waals surface area (Å²) >= 11 is 0. The van der Waals surface area contributed by atoms with E-state index in [2.05, 4.69) is 46.6 Å². The zero-order valence-corrected chi connectivity index (χ0v) is 15.4. The fraction of sp³-hybridized carbons (Fsp3) is 0.524. The second-order valence-electron chi connectivity index (χ2n) is 7.20. The quantitative estimate of drug-likeness (QED) is 0.812. The highest BCUT2D eigenvalue weighted by molar-refractivity contribution is 5.91. The van der Waals surface area contributed by atoms with Crippen molar-refractivity contribution in [1.29, 1.82) is 0 Å². The zero-order chi connectivity index (χ0) is 17.6. The number of fused-ring (bicyclic) bond motifs is 1. The van der Waals surface area contributed by atoms with Gasteiger partial charge in [0.25, 0.3) is 0 Å². The number of benzene rings is 2. The zero-order valence-electron chi connectivity index (χ0n) is 15.4. The van der Waals surface area contributed by atoms with Crippen molar-refractivity contribution < 1.29 is 9.84 Å². The van der Waals surface area contributed by atoms with Gasteiger partial charge in [-0.15, -0.1) is 0 Å². The molecule has 0 saturated carbocycles. The molecule has 1 saturated heterocycles. The molecule has 0 unspecified atom stereocenters. The molecule has 2 aromatic rings. The Balaban J connectivity index is 1.53. The summed E-state index contributed by atoms with van der Waals surface area (Å²) in [6.07, 6.45) is 2.20. The van der Waals surface area contributed by atoms with Gasteiger partial charge in [-0.05, 0) is 62.3 Å². The number of methoxy groups -OCH3 is 1. The maximum atomic E-state index is 9.50. The normalized spacial score (nSPS) is 17.7. The number of piperidine rings is 1. The van der Waals surface area contributed by atoms with Crippen LogP contribution in [0.1, 0.15) is 25.3 Å². The van der Waals surface area contributed by atoms with Gasteiger partial charge in [-0.2, -0.15) is 0 Å². The van der Waals surface area contributed by atoms with Gasteiger partial charge >= 0.3 is 0 Å². The number of aliphatic hydroxyl groups is 1. The van der Waals surface area contributed by atoms with E-state index in [0.29, 0.717) is 0 Å². The largest absolute Gasteiger partial charge is 0.496 e. The Hall–Kier alpha value is -1.62. The number of hydrogen-bond acceptors (Lipinski definition) is 4. The van der Waals surface area contributed by atoms with Crippen LogP contribution in [-0.2, 0) is 6.54 Å². The van der Waals surface area contributed by atoms with E-state index in [1.807, 2.05) is 6.92 Å². The average Bonchev–Trinajstić information content (AvgIpc) is 2.63. The molecule has 25 heavy (non-hydrogen) atoms. The first-order valence-electron chi connectivity index (χ1n) is 9.33. The molecule has 1 heterocycles. The van der Waals surface area contributed by atoms with Gasteiger partial charge in [0.15, 0.2) is 0 Å². The lowest BCUT2D eigenvalue weighted by Gasteiger charge is -2.32. The maximum Gasteiger partial charge on any atom is 0.126 e. The highest BCUT2D eigenvalue weighted by Gasteiger charge is 2.19. The number of ether oxygens (including phenoxy) is 1. The number of nitrogens with one attached hydrogen (secondary N) is 1. The van der Waals surface area contributed by atoms with Crippen molar-refractivity contribution in [2.24, 2.45) is 5.92 Å². The van der Waals surface area contributed by atoms with Crippen LogP contribution in [0.15, 0.2) is 36.4 Å². The van der Waals surface area contributed by atoms with Crippen molar-refractivity contribution in [3.8, 4) is 5.75 Å². The van der Waals surface area contributed by atoms with Gasteiger partial charge in [0.1, 0.15) is 5.75 Å². The van der Waals surface area contributed by atoms with Crippen molar-refractivity contribution >= 4 is 10.8 Å². The topological polar surface area (TPSA) is 44.7 Å². The molecular weight excluding hydrogens is 312 g/mol. The third-order valence-electron chi connectivity index (χ3n) is 5.17. The van der Waals surface area contributed by atoms with Crippen LogP contribution in [0.25, 0.3) is 10.8 Å². The van der Waals surface area contributed by atoms with E-state index < -0.39 is 0 Å². The molecule has 0 spiro atoms. The summed E-state index contributed by atoms with van der Waals surface area (Å²) in [6, 6.07) is 12.7. The van der Waals surface area contributed by atoms with Gasteiger partial charge in [-0.3, -0.25) is 0 Å². The van der Waals surface area contributed by atoms with Crippen LogP contribution in [-0.4, -0.2) is 49.4 Å². The number of aliphatic hydroxyl groups excluding tert-OH is 1. The minimum absolute atomic E-state index is 0.224. The molecule has 0 aromatic heterocycles. The molecular formula is C21H30N2O2. The summed E-state index contributed by atoms with van der Waals surface area (Å²) in [4.78, 5) is 2.37. The number of likely N-dealkylation sites (tertiary alicyclic amines) is 1. The molecule has 4 nitrogen and oxygen atoms in total. The van der Waals surface area contributed by atoms with E-state index in [-0.39, 0.29) is 6.10 Å². The predicted octanol–water partition coefficient (Wildman–Crippen LogP) is 3.03. The number of nitrogens with zero attached hydrogens (tertiary/aromatic N) is 1. The van der Waals surface area contributed by atoms with Crippen LogP contribution in [0, 0.1) is 5.92 Å². The van der Waals surface area contributed by atoms with Crippen molar-refractivity contribution in [3.05, 3.63) is 42.0 Å². The van der Waals surface area contributed by atoms with Gasteiger partial charge in [-0.1, -0.05) is 30.3 Å². The summed E-state index contributed by atoms with van der Waals surface area (Å²) < 4.78 is 5.48. The molecule has 4 heteroatoms. The number of hydrogen-bond donors (Lipinski definition) is 2. The Morgan fingerprint density at radius 3 is 2.56 bits per heavy atom. The second kappa shape index (κ2) is 8.65. The van der Waals surface area contributed by atoms with Crippen LogP contribution in [0.5, 0.6) is 5.75 Å². The Morgan fingerprint density at radius 1 is 1.16 bits per heavy atom. The number of β-amino-alcohol motifs (C(OH)–C–C–N with tert-alkyl or cyclic N) is 1. The van der Waals surface area contributed by atoms with E-state index in [0.717, 1.165) is 44.4 Å². The Labute approximate surface area is 150 Å². The predicted molar refractivity (Wildman–Crippen MR) is 103 cm³/mol. The molecule has 1 aliphatic rings. The Bertz CT molecular complexity index is 679. The van der Waals surface area contributed by atoms with Crippen LogP contribution < -0.4 is 10.1 Å². The lowest BCUT2D eigenvalue weighted by molar-refractivity contribution is 0.0998. The van der Waals surface area contributed by atoms with Crippen molar-refractivity contribution in [2.75, 3.05) is 33.3 Å². The molecule has 1 aliphatic heterocycles. The monoisotopic (exact) mass is 342 g/mol. The highest BCUT2D eigenvalue weighted by atomic mass is 16.5. The third-order valence-corrected chi connectivity index (χ3v) is 5.17. The van der Waals surface area contributed by atoms with Crippen LogP contribution >= 0.6 is 0 Å². The first-order valence-corrected chi connectivity index (χ1v) is 9.33. The Kier molecular flexibility index (Phi) is 6.29. The molecule has 0 aliphatic carbocycles. The van der Waals surface area contributed by atoms with Gasteiger partial charge in [0.2, 0.25) is 0 Å². The SMILES string of the molecule is COc1ccc(CNCC2CCN(C[C@H](C)O)CC2)c2ccccc12. The summed E-state index contributed by atoms with van der Waals surface area (Å²) in [7, 11) is 1.73. The molecule has 2 N–H and O–H groups in total. The minimum atomic E-state index is -0.224. The molecule has 0 radical (unpaired) electrons. The average molecular weight is 342 g/mol. The first-order chi connectivity index (χ1) is 12.2. The fourth-order valence-electron chi connectivity index (χ4n) is 3.82. The lowest BCUT2D eigenvalue weighted by atomic mass is 9.96. The summed E-state index contributed by atoms with van der Waals surface area (Å²) in [5.41, 5.74) is 1.32. The summed E-state index contributed by atoms with van der Waals surface area (Å²) in [5.74, 6) is 1.67. The fourth-order valence-corrected chi connectivity index (χ4v) is 3.82. The van der Waals surface area contributed by atoms with E-state index in [9.17, 15) is 5.11 Å². The number of rotatable bonds is 7. The van der Waals surface area contributed by atoms with Crippen molar-refractivity contribution in [3.63, 3.8) is 0 Å². The van der Waals surface area contributed by atoms with E-state index in [1.165, 1.54) is 29.2 Å². The third kappa shape index (κ3) is 4.72. The van der Waals surface area contributed by atoms with Crippen LogP contribution in [0.2, 0.25) is 0 Å². The van der Waals surface area contributed by atoms with E-state index in [1.54, 1.807) is 7.11 Å². The maximum absolute atomic E-state index is 9.50. The molecule has 0 bridgehead atoms. The first kappa shape index (κ1) is 18.2. The van der Waals surface area contributed by atoms with Crippen molar-refractivity contribution in [2.45, 2.75) is 32.4 Å². The van der Waals surface area contributed by atoms with E-state index in [4.69, 9.17) is 4.74 Å². The summed E-state index contributed by atoms with van der Waals surface area (Å²) in [5, 5.41) is 15.6. The van der Waals surface area contributed by atoms with Crippen molar-refractivity contribution in [1.82, 2.24) is 10.2 Å². The summed E-state index contributed by atoms with van der Waals surface area (Å²) in [6.45, 7) is 6.82. The molecule has 1 atom stereocenters. The van der Waals surface area contributed by atoms with Gasteiger partial charge < -0.3 is 20.1 Å². The smallest absolute Gasteiger partial charge is 0.126 e.